The molecule has 1 saturated heterocycles. The van der Waals surface area contributed by atoms with Gasteiger partial charge < -0.3 is 15.1 Å². The van der Waals surface area contributed by atoms with Crippen LogP contribution in [0.3, 0.4) is 0 Å². The fourth-order valence-electron chi connectivity index (χ4n) is 2.31. The van der Waals surface area contributed by atoms with Gasteiger partial charge in [0.15, 0.2) is 0 Å². The number of carbonyl (C=O) groups excluding carboxylic acids is 1. The number of aromatic nitrogens is 1. The maximum absolute atomic E-state index is 12.1. The Morgan fingerprint density at radius 2 is 2.10 bits per heavy atom. The summed E-state index contributed by atoms with van der Waals surface area (Å²) in [6.45, 7) is 6.17. The minimum absolute atomic E-state index is 0.0195. The van der Waals surface area contributed by atoms with Crippen molar-refractivity contribution in [2.24, 2.45) is 0 Å². The largest absolute Gasteiger partial charge is 0.334 e. The molecule has 1 aliphatic rings. The third kappa shape index (κ3) is 5.32. The molecule has 1 fully saturated rings. The first-order valence-electron chi connectivity index (χ1n) is 7.44. The average Bonchev–Trinajstić information content (AvgIpc) is 2.52. The molecule has 1 aromatic heterocycles. The van der Waals surface area contributed by atoms with E-state index in [2.05, 4.69) is 34.2 Å². The number of pyridine rings is 1. The molecular formula is C15H25N5O. The lowest BCUT2D eigenvalue weighted by molar-refractivity contribution is 0.133. The van der Waals surface area contributed by atoms with Gasteiger partial charge in [-0.2, -0.15) is 0 Å². The van der Waals surface area contributed by atoms with Crippen molar-refractivity contribution in [2.45, 2.75) is 6.54 Å². The second kappa shape index (κ2) is 7.95. The van der Waals surface area contributed by atoms with Gasteiger partial charge in [-0.25, -0.2) is 4.79 Å². The van der Waals surface area contributed by atoms with E-state index in [0.717, 1.165) is 44.8 Å². The molecule has 21 heavy (non-hydrogen) atoms. The van der Waals surface area contributed by atoms with E-state index in [1.54, 1.807) is 12.4 Å². The average molecular weight is 291 g/mol. The Balaban J connectivity index is 1.68. The van der Waals surface area contributed by atoms with Gasteiger partial charge in [0.25, 0.3) is 0 Å². The van der Waals surface area contributed by atoms with E-state index in [4.69, 9.17) is 0 Å². The van der Waals surface area contributed by atoms with Crippen LogP contribution in [0.5, 0.6) is 0 Å². The number of hydrogen-bond donors (Lipinski definition) is 1. The topological polar surface area (TPSA) is 51.7 Å². The number of urea groups is 1. The third-order valence-electron chi connectivity index (χ3n) is 3.69. The van der Waals surface area contributed by atoms with E-state index < -0.39 is 0 Å². The van der Waals surface area contributed by atoms with Gasteiger partial charge in [-0.15, -0.1) is 0 Å². The second-order valence-corrected chi connectivity index (χ2v) is 5.65. The minimum atomic E-state index is 0.0195. The predicted molar refractivity (Wildman–Crippen MR) is 83.0 cm³/mol. The van der Waals surface area contributed by atoms with Gasteiger partial charge in [-0.1, -0.05) is 6.07 Å². The van der Waals surface area contributed by atoms with Crippen LogP contribution in [0.4, 0.5) is 4.79 Å². The predicted octanol–water partition coefficient (Wildman–Crippen LogP) is 0.470. The summed E-state index contributed by atoms with van der Waals surface area (Å²) in [5.41, 5.74) is 1.02. The molecule has 1 N–H and O–H groups in total. The summed E-state index contributed by atoms with van der Waals surface area (Å²) in [7, 11) is 4.17. The first kappa shape index (κ1) is 15.7. The molecule has 0 saturated carbocycles. The lowest BCUT2D eigenvalue weighted by Crippen LogP contribution is -2.52. The summed E-state index contributed by atoms with van der Waals surface area (Å²) in [6.07, 6.45) is 3.51. The molecule has 0 spiro atoms. The van der Waals surface area contributed by atoms with Crippen molar-refractivity contribution >= 4 is 6.03 Å². The highest BCUT2D eigenvalue weighted by atomic mass is 16.2. The monoisotopic (exact) mass is 291 g/mol. The van der Waals surface area contributed by atoms with E-state index in [9.17, 15) is 4.79 Å². The Bertz CT molecular complexity index is 429. The van der Waals surface area contributed by atoms with Crippen LogP contribution in [0.1, 0.15) is 5.56 Å². The number of amides is 2. The van der Waals surface area contributed by atoms with Gasteiger partial charge in [0.1, 0.15) is 0 Å². The first-order valence-corrected chi connectivity index (χ1v) is 7.44. The van der Waals surface area contributed by atoms with Gasteiger partial charge in [-0.3, -0.25) is 9.88 Å². The van der Waals surface area contributed by atoms with Crippen molar-refractivity contribution < 1.29 is 4.79 Å². The molecule has 6 heteroatoms. The molecular weight excluding hydrogens is 266 g/mol. The number of hydrogen-bond acceptors (Lipinski definition) is 4. The standard InChI is InChI=1S/C15H25N5O/c1-18(2)6-7-19-8-10-20(11-9-19)15(21)17-13-14-4-3-5-16-12-14/h3-5,12H,6-11,13H2,1-2H3,(H,17,21). The fraction of sp³-hybridized carbons (Fsp3) is 0.600. The van der Waals surface area contributed by atoms with Gasteiger partial charge in [-0.05, 0) is 25.7 Å². The number of carbonyl (C=O) groups is 1. The van der Waals surface area contributed by atoms with Crippen molar-refractivity contribution in [1.29, 1.82) is 0 Å². The van der Waals surface area contributed by atoms with E-state index in [1.807, 2.05) is 17.0 Å². The van der Waals surface area contributed by atoms with Crippen LogP contribution in [0, 0.1) is 0 Å². The Morgan fingerprint density at radius 3 is 2.71 bits per heavy atom. The molecule has 1 aliphatic heterocycles. The van der Waals surface area contributed by atoms with Crippen LogP contribution >= 0.6 is 0 Å². The smallest absolute Gasteiger partial charge is 0.317 e. The SMILES string of the molecule is CN(C)CCN1CCN(C(=O)NCc2cccnc2)CC1. The lowest BCUT2D eigenvalue weighted by Gasteiger charge is -2.35. The first-order chi connectivity index (χ1) is 10.1. The zero-order valence-electron chi connectivity index (χ0n) is 13.0. The molecule has 0 unspecified atom stereocenters. The molecule has 0 aromatic carbocycles. The third-order valence-corrected chi connectivity index (χ3v) is 3.69. The van der Waals surface area contributed by atoms with Gasteiger partial charge in [0.2, 0.25) is 0 Å². The quantitative estimate of drug-likeness (QED) is 0.857. The Hall–Kier alpha value is -1.66. The van der Waals surface area contributed by atoms with Gasteiger partial charge in [0.05, 0.1) is 0 Å². The summed E-state index contributed by atoms with van der Waals surface area (Å²) in [5, 5.41) is 2.95. The van der Waals surface area contributed by atoms with Crippen molar-refractivity contribution in [3.05, 3.63) is 30.1 Å². The maximum Gasteiger partial charge on any atom is 0.317 e. The van der Waals surface area contributed by atoms with Crippen molar-refractivity contribution in [2.75, 3.05) is 53.4 Å². The highest BCUT2D eigenvalue weighted by Gasteiger charge is 2.20. The van der Waals surface area contributed by atoms with Gasteiger partial charge in [0, 0.05) is 58.2 Å². The second-order valence-electron chi connectivity index (χ2n) is 5.65. The molecule has 116 valence electrons. The molecule has 0 atom stereocenters. The summed E-state index contributed by atoms with van der Waals surface area (Å²) in [4.78, 5) is 22.6. The molecule has 6 nitrogen and oxygen atoms in total. The molecule has 2 rings (SSSR count). The number of nitrogens with one attached hydrogen (secondary N) is 1. The fourth-order valence-corrected chi connectivity index (χ4v) is 2.31. The summed E-state index contributed by atoms with van der Waals surface area (Å²) >= 11 is 0. The number of likely N-dealkylation sites (N-methyl/N-ethyl adjacent to an activating group) is 1. The van der Waals surface area contributed by atoms with Crippen LogP contribution in [-0.2, 0) is 6.54 Å². The highest BCUT2D eigenvalue weighted by molar-refractivity contribution is 5.74. The zero-order chi connectivity index (χ0) is 15.1. The van der Waals surface area contributed by atoms with Crippen molar-refractivity contribution in [3.8, 4) is 0 Å². The molecule has 1 aromatic rings. The minimum Gasteiger partial charge on any atom is -0.334 e. The van der Waals surface area contributed by atoms with Crippen molar-refractivity contribution in [3.63, 3.8) is 0 Å². The molecule has 0 bridgehead atoms. The molecule has 2 heterocycles. The van der Waals surface area contributed by atoms with Crippen LogP contribution in [0.2, 0.25) is 0 Å². The molecule has 0 aliphatic carbocycles. The summed E-state index contributed by atoms with van der Waals surface area (Å²) < 4.78 is 0. The normalized spacial score (nSPS) is 16.2. The van der Waals surface area contributed by atoms with E-state index in [1.165, 1.54) is 0 Å². The Morgan fingerprint density at radius 1 is 1.33 bits per heavy atom. The molecule has 0 radical (unpaired) electrons. The lowest BCUT2D eigenvalue weighted by atomic mass is 10.3. The van der Waals surface area contributed by atoms with Crippen LogP contribution < -0.4 is 5.32 Å². The Kier molecular flexibility index (Phi) is 5.95. The maximum atomic E-state index is 12.1. The molecule has 2 amide bonds. The number of nitrogens with zero attached hydrogens (tertiary/aromatic N) is 4. The number of rotatable bonds is 5. The zero-order valence-corrected chi connectivity index (χ0v) is 13.0. The Labute approximate surface area is 126 Å². The van der Waals surface area contributed by atoms with Crippen LogP contribution in [0.15, 0.2) is 24.5 Å². The van der Waals surface area contributed by atoms with Crippen molar-refractivity contribution in [1.82, 2.24) is 25.0 Å². The van der Waals surface area contributed by atoms with Crippen LogP contribution in [0.25, 0.3) is 0 Å². The van der Waals surface area contributed by atoms with E-state index in [0.29, 0.717) is 6.54 Å². The summed E-state index contributed by atoms with van der Waals surface area (Å²) in [6, 6.07) is 3.86. The highest BCUT2D eigenvalue weighted by Crippen LogP contribution is 2.03. The number of piperazine rings is 1. The van der Waals surface area contributed by atoms with Gasteiger partial charge >= 0.3 is 6.03 Å². The van der Waals surface area contributed by atoms with E-state index in [-0.39, 0.29) is 6.03 Å². The van der Waals surface area contributed by atoms with E-state index >= 15 is 0 Å². The summed E-state index contributed by atoms with van der Waals surface area (Å²) in [5.74, 6) is 0. The van der Waals surface area contributed by atoms with Crippen LogP contribution in [-0.4, -0.2) is 79.1 Å².